The average molecular weight is 285 g/mol. The lowest BCUT2D eigenvalue weighted by Crippen LogP contribution is -2.34. The fraction of sp³-hybridized carbons (Fsp3) is 0.357. The summed E-state index contributed by atoms with van der Waals surface area (Å²) in [5.41, 5.74) is 1.66. The van der Waals surface area contributed by atoms with Crippen molar-refractivity contribution in [3.63, 3.8) is 0 Å². The van der Waals surface area contributed by atoms with Gasteiger partial charge in [-0.05, 0) is 31.7 Å². The number of hydrogen-bond donors (Lipinski definition) is 1. The minimum atomic E-state index is -0.703. The first-order valence-corrected chi connectivity index (χ1v) is 6.83. The Balaban J connectivity index is 1.83. The van der Waals surface area contributed by atoms with E-state index in [0.29, 0.717) is 5.82 Å². The second-order valence-corrected chi connectivity index (χ2v) is 5.01. The third-order valence-electron chi connectivity index (χ3n) is 3.54. The molecular weight excluding hydrogens is 270 g/mol. The number of amides is 1. The fourth-order valence-corrected chi connectivity index (χ4v) is 2.40. The molecule has 3 rings (SSSR count). The molecule has 21 heavy (non-hydrogen) atoms. The molecule has 0 bridgehead atoms. The number of nitrogens with one attached hydrogen (secondary N) is 1. The van der Waals surface area contributed by atoms with E-state index in [-0.39, 0.29) is 11.5 Å². The Labute approximate surface area is 121 Å². The highest BCUT2D eigenvalue weighted by atomic mass is 16.2. The van der Waals surface area contributed by atoms with E-state index in [1.807, 2.05) is 0 Å². The van der Waals surface area contributed by atoms with E-state index in [1.54, 1.807) is 13.0 Å². The smallest absolute Gasteiger partial charge is 0.267 e. The summed E-state index contributed by atoms with van der Waals surface area (Å²) in [5, 5.41) is 6.95. The van der Waals surface area contributed by atoms with Crippen LogP contribution in [0.5, 0.6) is 0 Å². The van der Waals surface area contributed by atoms with E-state index >= 15 is 0 Å². The Hall–Kier alpha value is -2.57. The highest BCUT2D eigenvalue weighted by molar-refractivity contribution is 5.92. The highest BCUT2D eigenvalue weighted by Gasteiger charge is 2.21. The molecule has 0 spiro atoms. The van der Waals surface area contributed by atoms with Gasteiger partial charge in [0.15, 0.2) is 5.82 Å². The van der Waals surface area contributed by atoms with Crippen molar-refractivity contribution >= 4 is 11.7 Å². The molecule has 1 aliphatic carbocycles. The van der Waals surface area contributed by atoms with E-state index in [4.69, 9.17) is 0 Å². The molecule has 1 atom stereocenters. The van der Waals surface area contributed by atoms with E-state index in [2.05, 4.69) is 20.4 Å². The number of aromatic nitrogens is 4. The van der Waals surface area contributed by atoms with Crippen LogP contribution in [0.15, 0.2) is 29.5 Å². The van der Waals surface area contributed by atoms with Gasteiger partial charge in [-0.2, -0.15) is 5.10 Å². The third kappa shape index (κ3) is 2.67. The van der Waals surface area contributed by atoms with Crippen LogP contribution in [-0.4, -0.2) is 25.7 Å². The van der Waals surface area contributed by atoms with Gasteiger partial charge in [0, 0.05) is 18.5 Å². The van der Waals surface area contributed by atoms with Crippen molar-refractivity contribution in [2.75, 3.05) is 5.32 Å². The monoisotopic (exact) mass is 285 g/mol. The largest absolute Gasteiger partial charge is 0.308 e. The molecule has 0 radical (unpaired) electrons. The van der Waals surface area contributed by atoms with Crippen LogP contribution >= 0.6 is 0 Å². The molecule has 0 saturated heterocycles. The second kappa shape index (κ2) is 5.43. The van der Waals surface area contributed by atoms with Crippen LogP contribution in [0.1, 0.15) is 30.6 Å². The summed E-state index contributed by atoms with van der Waals surface area (Å²) in [4.78, 5) is 32.1. The van der Waals surface area contributed by atoms with Gasteiger partial charge in [-0.1, -0.05) is 0 Å². The predicted molar refractivity (Wildman–Crippen MR) is 75.9 cm³/mol. The summed E-state index contributed by atoms with van der Waals surface area (Å²) in [6.45, 7) is 1.64. The molecule has 2 heterocycles. The molecule has 0 aromatic carbocycles. The molecule has 2 aromatic heterocycles. The van der Waals surface area contributed by atoms with Crippen molar-refractivity contribution in [1.29, 1.82) is 0 Å². The number of carbonyl (C=O) groups excluding carboxylic acids is 1. The third-order valence-corrected chi connectivity index (χ3v) is 3.54. The minimum absolute atomic E-state index is 0.252. The van der Waals surface area contributed by atoms with Crippen LogP contribution in [0.4, 0.5) is 5.82 Å². The molecule has 108 valence electrons. The first-order chi connectivity index (χ1) is 10.1. The minimum Gasteiger partial charge on any atom is -0.308 e. The molecule has 0 saturated carbocycles. The van der Waals surface area contributed by atoms with Crippen LogP contribution in [0.25, 0.3) is 0 Å². The van der Waals surface area contributed by atoms with Gasteiger partial charge in [0.2, 0.25) is 5.91 Å². The molecule has 1 aliphatic rings. The Morgan fingerprint density at radius 2 is 2.24 bits per heavy atom. The summed E-state index contributed by atoms with van der Waals surface area (Å²) in [6, 6.07) is 0.881. The fourth-order valence-electron chi connectivity index (χ4n) is 2.40. The number of fused-ring (bicyclic) bond motifs is 1. The van der Waals surface area contributed by atoms with Gasteiger partial charge in [-0.25, -0.2) is 9.67 Å². The maximum absolute atomic E-state index is 12.2. The topological polar surface area (TPSA) is 89.8 Å². The lowest BCUT2D eigenvalue weighted by atomic mass is 10.2. The Morgan fingerprint density at radius 1 is 1.38 bits per heavy atom. The molecule has 0 fully saturated rings. The Morgan fingerprint density at radius 3 is 3.00 bits per heavy atom. The quantitative estimate of drug-likeness (QED) is 0.897. The highest BCUT2D eigenvalue weighted by Crippen LogP contribution is 2.18. The van der Waals surface area contributed by atoms with Gasteiger partial charge < -0.3 is 5.32 Å². The van der Waals surface area contributed by atoms with Crippen molar-refractivity contribution in [1.82, 2.24) is 19.7 Å². The van der Waals surface area contributed by atoms with Crippen molar-refractivity contribution in [3.8, 4) is 0 Å². The van der Waals surface area contributed by atoms with E-state index < -0.39 is 6.04 Å². The normalized spacial score (nSPS) is 14.5. The van der Waals surface area contributed by atoms with Gasteiger partial charge >= 0.3 is 0 Å². The Bertz CT molecular complexity index is 726. The van der Waals surface area contributed by atoms with E-state index in [0.717, 1.165) is 30.5 Å². The van der Waals surface area contributed by atoms with Crippen molar-refractivity contribution in [3.05, 3.63) is 46.3 Å². The summed E-state index contributed by atoms with van der Waals surface area (Å²) < 4.78 is 1.23. The number of hydrogen-bond acceptors (Lipinski definition) is 5. The van der Waals surface area contributed by atoms with Gasteiger partial charge in [0.25, 0.3) is 5.56 Å². The molecule has 2 aromatic rings. The molecule has 7 nitrogen and oxygen atoms in total. The SMILES string of the molecule is C[C@@H](C(=O)Nc1cnccn1)n1nc2c(cc1=O)CCC2. The Kier molecular flexibility index (Phi) is 3.47. The lowest BCUT2D eigenvalue weighted by molar-refractivity contribution is -0.119. The molecule has 1 N–H and O–H groups in total. The van der Waals surface area contributed by atoms with Gasteiger partial charge in [0.05, 0.1) is 11.9 Å². The maximum atomic E-state index is 12.2. The summed E-state index contributed by atoms with van der Waals surface area (Å²) in [6.07, 6.45) is 7.20. The predicted octanol–water partition coefficient (Wildman–Crippen LogP) is 0.722. The van der Waals surface area contributed by atoms with Crippen LogP contribution in [0, 0.1) is 0 Å². The first-order valence-electron chi connectivity index (χ1n) is 6.83. The zero-order chi connectivity index (χ0) is 14.8. The van der Waals surface area contributed by atoms with E-state index in [1.165, 1.54) is 23.3 Å². The van der Waals surface area contributed by atoms with Crippen LogP contribution < -0.4 is 10.9 Å². The van der Waals surface area contributed by atoms with Gasteiger partial charge in [-0.3, -0.25) is 14.6 Å². The number of anilines is 1. The van der Waals surface area contributed by atoms with Crippen molar-refractivity contribution < 1.29 is 4.79 Å². The molecule has 0 aliphatic heterocycles. The van der Waals surface area contributed by atoms with Crippen LogP contribution in [0.3, 0.4) is 0 Å². The zero-order valence-electron chi connectivity index (χ0n) is 11.6. The lowest BCUT2D eigenvalue weighted by Gasteiger charge is -2.14. The molecular formula is C14H15N5O2. The summed E-state index contributed by atoms with van der Waals surface area (Å²) in [7, 11) is 0. The van der Waals surface area contributed by atoms with Crippen LogP contribution in [-0.2, 0) is 17.6 Å². The number of carbonyl (C=O) groups is 1. The average Bonchev–Trinajstić information content (AvgIpc) is 2.93. The second-order valence-electron chi connectivity index (χ2n) is 5.01. The molecule has 7 heteroatoms. The number of rotatable bonds is 3. The van der Waals surface area contributed by atoms with Crippen molar-refractivity contribution in [2.45, 2.75) is 32.2 Å². The number of aryl methyl sites for hydroxylation is 2. The van der Waals surface area contributed by atoms with E-state index in [9.17, 15) is 9.59 Å². The van der Waals surface area contributed by atoms with Gasteiger partial charge in [0.1, 0.15) is 6.04 Å². The molecule has 1 amide bonds. The van der Waals surface area contributed by atoms with Crippen LogP contribution in [0.2, 0.25) is 0 Å². The standard InChI is InChI=1S/C14H15N5O2/c1-9(14(21)17-12-8-15-5-6-16-12)19-13(20)7-10-3-2-4-11(10)18-19/h5-9H,2-4H2,1H3,(H,16,17,21)/t9-/m0/s1. The number of nitrogens with zero attached hydrogens (tertiary/aromatic N) is 4. The summed E-state index contributed by atoms with van der Waals surface area (Å²) >= 11 is 0. The van der Waals surface area contributed by atoms with Crippen molar-refractivity contribution in [2.24, 2.45) is 0 Å². The molecule has 0 unspecified atom stereocenters. The van der Waals surface area contributed by atoms with Gasteiger partial charge in [-0.15, -0.1) is 0 Å². The first kappa shape index (κ1) is 13.4. The summed E-state index contributed by atoms with van der Waals surface area (Å²) in [5.74, 6) is 0.00612. The maximum Gasteiger partial charge on any atom is 0.267 e. The zero-order valence-corrected chi connectivity index (χ0v) is 11.6.